The molecule has 1 aromatic rings. The molecule has 1 heterocycles. The van der Waals surface area contributed by atoms with E-state index in [4.69, 9.17) is 9.47 Å². The molecule has 0 aromatic heterocycles. The molecule has 5 heteroatoms. The number of likely N-dealkylation sites (tertiary alicyclic amines) is 1. The molecule has 2 aliphatic rings. The van der Waals surface area contributed by atoms with E-state index in [1.165, 1.54) is 0 Å². The molecule has 0 N–H and O–H groups in total. The number of ether oxygens (including phenoxy) is 2. The third-order valence-electron chi connectivity index (χ3n) is 4.09. The van der Waals surface area contributed by atoms with Crippen LogP contribution in [-0.4, -0.2) is 42.1 Å². The lowest BCUT2D eigenvalue weighted by molar-refractivity contribution is -0.00781. The summed E-state index contributed by atoms with van der Waals surface area (Å²) in [5.74, 6) is 1.35. The zero-order valence-corrected chi connectivity index (χ0v) is 13.9. The minimum absolute atomic E-state index is 0.221. The Labute approximate surface area is 136 Å². The minimum atomic E-state index is -0.458. The molecule has 5 nitrogen and oxygen atoms in total. The zero-order valence-electron chi connectivity index (χ0n) is 13.9. The second-order valence-electron chi connectivity index (χ2n) is 7.30. The first kappa shape index (κ1) is 15.8. The third-order valence-corrected chi connectivity index (χ3v) is 4.09. The van der Waals surface area contributed by atoms with Crippen LogP contribution in [0.5, 0.6) is 5.75 Å². The van der Waals surface area contributed by atoms with Gasteiger partial charge in [-0.1, -0.05) is 0 Å². The number of fused-ring (bicyclic) bond motifs is 1. The summed E-state index contributed by atoms with van der Waals surface area (Å²) in [4.78, 5) is 25.2. The van der Waals surface area contributed by atoms with E-state index < -0.39 is 5.60 Å². The van der Waals surface area contributed by atoms with Crippen LogP contribution in [0, 0.1) is 5.92 Å². The van der Waals surface area contributed by atoms with Gasteiger partial charge in [-0.25, -0.2) is 4.79 Å². The number of amides is 1. The molecule has 1 aliphatic heterocycles. The Morgan fingerprint density at radius 2 is 2.00 bits per heavy atom. The van der Waals surface area contributed by atoms with Gasteiger partial charge in [0.05, 0.1) is 6.61 Å². The largest absolute Gasteiger partial charge is 0.493 e. The summed E-state index contributed by atoms with van der Waals surface area (Å²) in [5.41, 5.74) is 1.45. The zero-order chi connectivity index (χ0) is 16.6. The molecule has 3 rings (SSSR count). The quantitative estimate of drug-likeness (QED) is 0.860. The first-order valence-corrected chi connectivity index (χ1v) is 8.09. The highest BCUT2D eigenvalue weighted by Gasteiger charge is 2.34. The van der Waals surface area contributed by atoms with Crippen molar-refractivity contribution < 1.29 is 19.1 Å². The number of carbonyl (C=O) groups is 2. The van der Waals surface area contributed by atoms with Gasteiger partial charge in [0.2, 0.25) is 0 Å². The smallest absolute Gasteiger partial charge is 0.410 e. The van der Waals surface area contributed by atoms with Crippen LogP contribution in [0.3, 0.4) is 0 Å². The van der Waals surface area contributed by atoms with Crippen molar-refractivity contribution in [1.82, 2.24) is 4.90 Å². The molecule has 1 aliphatic carbocycles. The van der Waals surface area contributed by atoms with Crippen molar-refractivity contribution in [2.75, 3.05) is 19.7 Å². The summed E-state index contributed by atoms with van der Waals surface area (Å²) >= 11 is 0. The van der Waals surface area contributed by atoms with Crippen molar-refractivity contribution in [2.24, 2.45) is 5.92 Å². The lowest BCUT2D eigenvalue weighted by atomic mass is 10.0. The summed E-state index contributed by atoms with van der Waals surface area (Å²) in [6.45, 7) is 7.50. The number of carbonyl (C=O) groups excluding carboxylic acids is 2. The molecule has 0 unspecified atom stereocenters. The molecule has 0 radical (unpaired) electrons. The predicted octanol–water partition coefficient (Wildman–Crippen LogP) is 3.06. The van der Waals surface area contributed by atoms with Gasteiger partial charge in [0.1, 0.15) is 11.4 Å². The van der Waals surface area contributed by atoms with Crippen molar-refractivity contribution in [2.45, 2.75) is 39.2 Å². The monoisotopic (exact) mass is 317 g/mol. The van der Waals surface area contributed by atoms with E-state index >= 15 is 0 Å². The Morgan fingerprint density at radius 3 is 2.70 bits per heavy atom. The fourth-order valence-corrected chi connectivity index (χ4v) is 2.89. The van der Waals surface area contributed by atoms with Crippen molar-refractivity contribution in [3.05, 3.63) is 29.3 Å². The second kappa shape index (κ2) is 5.87. The Hall–Kier alpha value is -2.04. The average Bonchev–Trinajstić information content (AvgIpc) is 2.76. The fraction of sp³-hybridized carbons (Fsp3) is 0.556. The second-order valence-corrected chi connectivity index (χ2v) is 7.30. The van der Waals surface area contributed by atoms with Crippen molar-refractivity contribution in [3.8, 4) is 5.75 Å². The van der Waals surface area contributed by atoms with Gasteiger partial charge in [-0.2, -0.15) is 0 Å². The Morgan fingerprint density at radius 1 is 1.26 bits per heavy atom. The summed E-state index contributed by atoms with van der Waals surface area (Å²) in [6, 6.07) is 5.67. The maximum absolute atomic E-state index is 11.9. The highest BCUT2D eigenvalue weighted by Crippen LogP contribution is 2.27. The summed E-state index contributed by atoms with van der Waals surface area (Å²) in [5, 5.41) is 0. The number of hydrogen-bond acceptors (Lipinski definition) is 4. The van der Waals surface area contributed by atoms with E-state index in [0.29, 0.717) is 32.0 Å². The minimum Gasteiger partial charge on any atom is -0.493 e. The molecule has 124 valence electrons. The van der Waals surface area contributed by atoms with E-state index in [-0.39, 0.29) is 11.9 Å². The van der Waals surface area contributed by atoms with Gasteiger partial charge in [-0.05, 0) is 51.0 Å². The van der Waals surface area contributed by atoms with Gasteiger partial charge in [-0.3, -0.25) is 4.79 Å². The van der Waals surface area contributed by atoms with Crippen LogP contribution in [-0.2, 0) is 11.2 Å². The number of hydrogen-bond donors (Lipinski definition) is 0. The molecule has 1 aromatic carbocycles. The van der Waals surface area contributed by atoms with Crippen LogP contribution >= 0.6 is 0 Å². The molecule has 0 bridgehead atoms. The molecular formula is C18H23NO4. The molecular weight excluding hydrogens is 294 g/mol. The standard InChI is InChI=1S/C18H23NO4/c1-18(2,3)23-17(21)19-9-12(10-19)11-22-14-5-6-15-13(8-14)4-7-16(15)20/h5-6,8,12H,4,7,9-11H2,1-3H3. The van der Waals surface area contributed by atoms with E-state index in [2.05, 4.69) is 0 Å². The topological polar surface area (TPSA) is 55.8 Å². The van der Waals surface area contributed by atoms with Crippen LogP contribution in [0.1, 0.15) is 43.1 Å². The number of nitrogens with zero attached hydrogens (tertiary/aromatic N) is 1. The summed E-state index contributed by atoms with van der Waals surface area (Å²) in [6.07, 6.45) is 1.15. The summed E-state index contributed by atoms with van der Waals surface area (Å²) in [7, 11) is 0. The van der Waals surface area contributed by atoms with Crippen LogP contribution in [0.25, 0.3) is 0 Å². The SMILES string of the molecule is CC(C)(C)OC(=O)N1CC(COc2ccc3c(c2)CCC3=O)C1. The number of Topliss-reactive ketones (excluding diaryl/α,β-unsaturated/α-hetero) is 1. The normalized spacial score (nSPS) is 17.7. The Balaban J connectivity index is 1.45. The van der Waals surface area contributed by atoms with Gasteiger partial charge in [0.15, 0.2) is 5.78 Å². The molecule has 1 amide bonds. The lowest BCUT2D eigenvalue weighted by Crippen LogP contribution is -2.53. The van der Waals surface area contributed by atoms with Crippen molar-refractivity contribution >= 4 is 11.9 Å². The van der Waals surface area contributed by atoms with E-state index in [0.717, 1.165) is 23.3 Å². The first-order valence-electron chi connectivity index (χ1n) is 8.09. The molecule has 1 saturated heterocycles. The van der Waals surface area contributed by atoms with Gasteiger partial charge < -0.3 is 14.4 Å². The molecule has 0 saturated carbocycles. The number of rotatable bonds is 3. The van der Waals surface area contributed by atoms with E-state index in [1.807, 2.05) is 39.0 Å². The fourth-order valence-electron chi connectivity index (χ4n) is 2.89. The van der Waals surface area contributed by atoms with E-state index in [1.54, 1.807) is 4.90 Å². The highest BCUT2D eigenvalue weighted by molar-refractivity contribution is 6.00. The van der Waals surface area contributed by atoms with Crippen molar-refractivity contribution in [3.63, 3.8) is 0 Å². The van der Waals surface area contributed by atoms with Crippen LogP contribution in [0.4, 0.5) is 4.79 Å². The van der Waals surface area contributed by atoms with Crippen LogP contribution in [0.2, 0.25) is 0 Å². The van der Waals surface area contributed by atoms with Gasteiger partial charge in [0, 0.05) is 31.0 Å². The molecule has 0 atom stereocenters. The number of aryl methyl sites for hydroxylation is 1. The highest BCUT2D eigenvalue weighted by atomic mass is 16.6. The van der Waals surface area contributed by atoms with Crippen molar-refractivity contribution in [1.29, 1.82) is 0 Å². The van der Waals surface area contributed by atoms with Crippen LogP contribution < -0.4 is 4.74 Å². The third kappa shape index (κ3) is 3.66. The Bertz CT molecular complexity index is 626. The maximum Gasteiger partial charge on any atom is 0.410 e. The number of ketones is 1. The predicted molar refractivity (Wildman–Crippen MR) is 85.9 cm³/mol. The van der Waals surface area contributed by atoms with Gasteiger partial charge in [0.25, 0.3) is 0 Å². The van der Waals surface area contributed by atoms with Crippen LogP contribution in [0.15, 0.2) is 18.2 Å². The molecule has 1 fully saturated rings. The number of benzene rings is 1. The van der Waals surface area contributed by atoms with Gasteiger partial charge >= 0.3 is 6.09 Å². The maximum atomic E-state index is 11.9. The summed E-state index contributed by atoms with van der Waals surface area (Å²) < 4.78 is 11.1. The molecule has 23 heavy (non-hydrogen) atoms. The first-order chi connectivity index (χ1) is 10.8. The van der Waals surface area contributed by atoms with Gasteiger partial charge in [-0.15, -0.1) is 0 Å². The Kier molecular flexibility index (Phi) is 4.04. The van der Waals surface area contributed by atoms with E-state index in [9.17, 15) is 9.59 Å². The lowest BCUT2D eigenvalue weighted by Gasteiger charge is -2.39. The average molecular weight is 317 g/mol. The molecule has 0 spiro atoms.